The zero-order valence-electron chi connectivity index (χ0n) is 46.8. The van der Waals surface area contributed by atoms with Crippen molar-refractivity contribution in [3.63, 3.8) is 0 Å². The van der Waals surface area contributed by atoms with Crippen LogP contribution in [0.25, 0.3) is 22.3 Å². The largest absolute Gasteiger partial charge is 0.465 e. The molecule has 0 radical (unpaired) electrons. The average molecular weight is 1080 g/mol. The third kappa shape index (κ3) is 19.1. The number of methoxy groups -OCH3 is 1. The summed E-state index contributed by atoms with van der Waals surface area (Å²) in [5.74, 6) is -3.23. The van der Waals surface area contributed by atoms with Gasteiger partial charge in [0.1, 0.15) is 23.0 Å². The highest BCUT2D eigenvalue weighted by Crippen LogP contribution is 2.28. The molecule has 0 amide bonds. The molecular formula is C70H76O10. The normalized spacial score (nSPS) is 10.9. The molecule has 0 unspecified atom stereocenters. The highest BCUT2D eigenvalue weighted by Gasteiger charge is 2.19. The maximum Gasteiger partial charge on any atom is 0.343 e. The molecule has 416 valence electrons. The number of benzene rings is 7. The van der Waals surface area contributed by atoms with E-state index in [9.17, 15) is 24.0 Å². The molecule has 0 spiro atoms. The van der Waals surface area contributed by atoms with Crippen molar-refractivity contribution in [2.75, 3.05) is 7.11 Å². The van der Waals surface area contributed by atoms with Gasteiger partial charge >= 0.3 is 29.8 Å². The van der Waals surface area contributed by atoms with E-state index in [1.54, 1.807) is 24.3 Å². The molecular weight excluding hydrogens is 1000 g/mol. The minimum atomic E-state index is -0.792. The van der Waals surface area contributed by atoms with E-state index in [1.807, 2.05) is 24.3 Å². The Kier molecular flexibility index (Phi) is 23.9. The molecule has 0 aromatic heterocycles. The number of carbonyl (C=O) groups is 5. The van der Waals surface area contributed by atoms with Gasteiger partial charge in [-0.3, -0.25) is 0 Å². The van der Waals surface area contributed by atoms with Crippen LogP contribution >= 0.6 is 0 Å². The van der Waals surface area contributed by atoms with Crippen LogP contribution in [0.2, 0.25) is 0 Å². The average Bonchev–Trinajstić information content (AvgIpc) is 3.50. The van der Waals surface area contributed by atoms with Crippen LogP contribution in [0.4, 0.5) is 0 Å². The van der Waals surface area contributed by atoms with Crippen LogP contribution in [0, 0.1) is 0 Å². The molecule has 0 bridgehead atoms. The van der Waals surface area contributed by atoms with Crippen LogP contribution in [0.5, 0.6) is 23.0 Å². The number of hydrogen-bond acceptors (Lipinski definition) is 10. The van der Waals surface area contributed by atoms with Crippen LogP contribution in [-0.4, -0.2) is 37.0 Å². The van der Waals surface area contributed by atoms with Gasteiger partial charge in [-0.2, -0.15) is 0 Å². The predicted octanol–water partition coefficient (Wildman–Crippen LogP) is 17.8. The first-order valence-corrected chi connectivity index (χ1v) is 28.8. The first-order valence-electron chi connectivity index (χ1n) is 28.8. The molecule has 0 atom stereocenters. The van der Waals surface area contributed by atoms with Crippen LogP contribution in [0.3, 0.4) is 0 Å². The number of rotatable bonds is 31. The molecule has 0 fully saturated rings. The molecule has 80 heavy (non-hydrogen) atoms. The second-order valence-electron chi connectivity index (χ2n) is 20.5. The lowest BCUT2D eigenvalue weighted by Gasteiger charge is -2.11. The van der Waals surface area contributed by atoms with Crippen LogP contribution < -0.4 is 18.9 Å². The van der Waals surface area contributed by atoms with Crippen molar-refractivity contribution in [1.82, 2.24) is 0 Å². The minimum absolute atomic E-state index is 0.0406. The topological polar surface area (TPSA) is 132 Å². The molecule has 0 saturated heterocycles. The summed E-state index contributed by atoms with van der Waals surface area (Å²) in [6, 6.07) is 47.1. The second kappa shape index (κ2) is 32.1. The van der Waals surface area contributed by atoms with Crippen LogP contribution in [0.15, 0.2) is 164 Å². The van der Waals surface area contributed by atoms with Gasteiger partial charge in [-0.25, -0.2) is 24.0 Å². The Hall–Kier alpha value is -8.11. The monoisotopic (exact) mass is 1080 g/mol. The van der Waals surface area contributed by atoms with Gasteiger partial charge in [0.15, 0.2) is 0 Å². The number of unbranched alkanes of at least 4 members (excludes halogenated alkanes) is 16. The molecule has 0 aliphatic heterocycles. The predicted molar refractivity (Wildman–Crippen MR) is 316 cm³/mol. The van der Waals surface area contributed by atoms with Crippen molar-refractivity contribution < 1.29 is 47.7 Å². The van der Waals surface area contributed by atoms with Crippen molar-refractivity contribution in [1.29, 1.82) is 0 Å². The molecule has 7 aromatic rings. The first-order chi connectivity index (χ1) is 39.1. The quantitative estimate of drug-likeness (QED) is 0.0235. The summed E-state index contributed by atoms with van der Waals surface area (Å²) in [6.07, 6.45) is 25.7. The molecule has 0 saturated carbocycles. The molecule has 10 nitrogen and oxygen atoms in total. The standard InChI is InChI=1S/C70H76O10/c1-4-6-8-10-12-14-16-18-20-22-51-24-28-53(29-25-51)55-32-36-57(37-33-55)67(72)77-62-44-40-59(41-45-62)69(74)79-64-48-61(66(71)76-3)49-65(50-64)80-70(75)60-42-46-63(47-43-60)78-68(73)58-38-34-56(35-39-58)54-30-26-52(27-31-54)23-21-19-17-15-13-11-9-7-5-2/h24-50H,4-23H2,1-3H3. The molecule has 7 aromatic carbocycles. The highest BCUT2D eigenvalue weighted by molar-refractivity contribution is 5.96. The van der Waals surface area contributed by atoms with E-state index in [2.05, 4.69) is 62.4 Å². The maximum atomic E-state index is 13.3. The number of hydrogen-bond donors (Lipinski definition) is 0. The minimum Gasteiger partial charge on any atom is -0.465 e. The zero-order chi connectivity index (χ0) is 56.3. The van der Waals surface area contributed by atoms with Gasteiger partial charge in [0.25, 0.3) is 0 Å². The summed E-state index contributed by atoms with van der Waals surface area (Å²) in [4.78, 5) is 65.5. The Morgan fingerprint density at radius 3 is 0.838 bits per heavy atom. The molecule has 7 rings (SSSR count). The SMILES string of the molecule is CCCCCCCCCCCc1ccc(-c2ccc(C(=O)Oc3ccc(C(=O)Oc4cc(OC(=O)c5ccc(OC(=O)c6ccc(-c7ccc(CCCCCCCCCCC)cc7)cc6)cc5)cc(C(=O)OC)c4)cc3)cc2)cc1. The van der Waals surface area contributed by atoms with Crippen molar-refractivity contribution in [3.8, 4) is 45.3 Å². The maximum absolute atomic E-state index is 13.3. The van der Waals surface area contributed by atoms with Gasteiger partial charge in [-0.1, -0.05) is 189 Å². The van der Waals surface area contributed by atoms with Crippen LogP contribution in [-0.2, 0) is 17.6 Å². The fourth-order valence-corrected chi connectivity index (χ4v) is 9.51. The summed E-state index contributed by atoms with van der Waals surface area (Å²) < 4.78 is 27.3. The van der Waals surface area contributed by atoms with Crippen LogP contribution in [0.1, 0.15) is 192 Å². The Bertz CT molecular complexity index is 2850. The Labute approximate surface area is 472 Å². The second-order valence-corrected chi connectivity index (χ2v) is 20.5. The van der Waals surface area contributed by atoms with E-state index in [4.69, 9.17) is 23.7 Å². The van der Waals surface area contributed by atoms with Crippen molar-refractivity contribution in [2.45, 2.75) is 142 Å². The van der Waals surface area contributed by atoms with Gasteiger partial charge in [0.2, 0.25) is 0 Å². The summed E-state index contributed by atoms with van der Waals surface area (Å²) >= 11 is 0. The Balaban J connectivity index is 0.854. The van der Waals surface area contributed by atoms with E-state index in [0.717, 1.165) is 35.1 Å². The molecule has 10 heteroatoms. The van der Waals surface area contributed by atoms with Crippen molar-refractivity contribution in [3.05, 3.63) is 203 Å². The van der Waals surface area contributed by atoms with Gasteiger partial charge in [0, 0.05) is 6.07 Å². The fraction of sp³-hybridized carbons (Fsp3) is 0.329. The Morgan fingerprint density at radius 2 is 0.537 bits per heavy atom. The first kappa shape index (κ1) is 59.5. The summed E-state index contributed by atoms with van der Waals surface area (Å²) in [5, 5.41) is 0. The Morgan fingerprint density at radius 1 is 0.275 bits per heavy atom. The lowest BCUT2D eigenvalue weighted by atomic mass is 10.00. The van der Waals surface area contributed by atoms with Crippen molar-refractivity contribution in [2.24, 2.45) is 0 Å². The number of carbonyl (C=O) groups excluding carboxylic acids is 5. The molecule has 0 aliphatic carbocycles. The molecule has 0 heterocycles. The van der Waals surface area contributed by atoms with Gasteiger partial charge < -0.3 is 23.7 Å². The lowest BCUT2D eigenvalue weighted by molar-refractivity contribution is 0.0593. The van der Waals surface area contributed by atoms with Gasteiger partial charge in [-0.15, -0.1) is 0 Å². The van der Waals surface area contributed by atoms with E-state index in [0.29, 0.717) is 11.1 Å². The summed E-state index contributed by atoms with van der Waals surface area (Å²) in [7, 11) is 1.19. The third-order valence-electron chi connectivity index (χ3n) is 14.3. The summed E-state index contributed by atoms with van der Waals surface area (Å²) in [6.45, 7) is 4.50. The summed E-state index contributed by atoms with van der Waals surface area (Å²) in [5.41, 5.74) is 7.69. The van der Waals surface area contributed by atoms with E-state index >= 15 is 0 Å². The number of esters is 5. The lowest BCUT2D eigenvalue weighted by Crippen LogP contribution is -2.12. The zero-order valence-corrected chi connectivity index (χ0v) is 46.8. The van der Waals surface area contributed by atoms with Crippen molar-refractivity contribution >= 4 is 29.8 Å². The molecule has 0 N–H and O–H groups in total. The van der Waals surface area contributed by atoms with Gasteiger partial charge in [0.05, 0.1) is 34.9 Å². The smallest absolute Gasteiger partial charge is 0.343 e. The van der Waals surface area contributed by atoms with Gasteiger partial charge in [-0.05, 0) is 144 Å². The number of aryl methyl sites for hydroxylation is 2. The van der Waals surface area contributed by atoms with E-state index < -0.39 is 29.8 Å². The number of ether oxygens (including phenoxy) is 5. The molecule has 0 aliphatic rings. The van der Waals surface area contributed by atoms with E-state index in [-0.39, 0.29) is 39.7 Å². The third-order valence-corrected chi connectivity index (χ3v) is 14.3. The highest BCUT2D eigenvalue weighted by atomic mass is 16.6. The van der Waals surface area contributed by atoms with E-state index in [1.165, 1.54) is 201 Å². The fourth-order valence-electron chi connectivity index (χ4n) is 9.51.